The molecule has 3 rings (SSSR count). The van der Waals surface area contributed by atoms with Crippen molar-refractivity contribution in [3.8, 4) is 5.75 Å². The number of aromatic hydroxyl groups is 1. The Morgan fingerprint density at radius 2 is 1.26 bits per heavy atom. The van der Waals surface area contributed by atoms with Crippen LogP contribution >= 0.6 is 0 Å². The molecule has 37 nitrogen and oxygen atoms in total. The number of pyridine rings is 1. The molecule has 13 atom stereocenters. The number of aryl methyl sites for hydroxylation is 1. The fourth-order valence-electron chi connectivity index (χ4n) is 9.15. The van der Waals surface area contributed by atoms with Crippen molar-refractivity contribution in [1.82, 2.24) is 67.0 Å². The van der Waals surface area contributed by atoms with E-state index < -0.39 is 211 Å². The number of hydrogen-bond acceptors (Lipinski definition) is 24. The van der Waals surface area contributed by atoms with Crippen LogP contribution in [-0.4, -0.2) is 258 Å². The predicted octanol–water partition coefficient (Wildman–Crippen LogP) is -7.99. The van der Waals surface area contributed by atoms with Gasteiger partial charge in [0.15, 0.2) is 18.0 Å². The van der Waals surface area contributed by atoms with Crippen molar-refractivity contribution in [3.05, 3.63) is 82.3 Å². The van der Waals surface area contributed by atoms with Gasteiger partial charge in [-0.1, -0.05) is 51.1 Å². The number of nitrogens with one attached hydrogen (secondary N) is 9. The highest BCUT2D eigenvalue weighted by Crippen LogP contribution is 2.23. The summed E-state index contributed by atoms with van der Waals surface area (Å²) in [6, 6.07) is -4.03. The highest BCUT2D eigenvalue weighted by molar-refractivity contribution is 5.98. The second kappa shape index (κ2) is 35.5. The third kappa shape index (κ3) is 23.6. The molecule has 534 valence electrons. The van der Waals surface area contributed by atoms with E-state index in [1.54, 1.807) is 30.3 Å². The fourth-order valence-corrected chi connectivity index (χ4v) is 9.15. The first kappa shape index (κ1) is 81.0. The van der Waals surface area contributed by atoms with Crippen molar-refractivity contribution in [2.75, 3.05) is 33.9 Å². The maximum Gasteiger partial charge on any atom is 0.326 e. The molecule has 1 aromatic carbocycles. The number of amides is 10. The fraction of sp³-hybridized carbons (Fsp3) is 0.576. The van der Waals surface area contributed by atoms with Crippen LogP contribution in [0.25, 0.3) is 0 Å². The number of imidazole rings is 1. The van der Waals surface area contributed by atoms with E-state index in [0.717, 1.165) is 59.7 Å². The Morgan fingerprint density at radius 3 is 1.79 bits per heavy atom. The number of aliphatic hydroxyl groups is 8. The van der Waals surface area contributed by atoms with Crippen molar-refractivity contribution < 1.29 is 114 Å². The maximum atomic E-state index is 14.0. The lowest BCUT2D eigenvalue weighted by molar-refractivity contribution is -0.156. The highest BCUT2D eigenvalue weighted by Gasteiger charge is 2.44. The average molecular weight is 1360 g/mol. The largest absolute Gasteiger partial charge is 0.503 e. The normalized spacial score (nSPS) is 15.9. The standard InChI is InChI=1S/C59H89N13O24/c1-28(74)41(79)51(86)67-40(42(80)34-22-60-27-70(34)9)50(85)62-23-37(96-11)43(81)44(82)55(90)71(10)33(19-29-15-13-12-14-16-29)49(84)63-24-39(78)66-46(58(5,6)93)53(88)65-32(26-73)48(83)69-47(59(7,8)94)54(89)68-45(57(2,3)4)52(87)64-31(56(91)92)17-18-38(77)61-21-30-20-35(75)36(76)25-72(30)95/h12-16,20,22,25,27-28,31-33,37,40-47,73-74,76,79-82,93-95H,17-19,21,23-24,26H2,1-11H3,(H,61,77)(H,62,85)(H,63,84)(H,64,87)(H,65,88)(H,66,78)(H,67,86)(H,68,89)(H,69,83)(H,91,92)/t28-,31-,32-,33-,37-,40+,41+,42+,43-,44-,45+,46+,47+/m0/s1. The van der Waals surface area contributed by atoms with E-state index in [2.05, 4.69) is 52.8 Å². The van der Waals surface area contributed by atoms with Crippen LogP contribution in [0.15, 0.2) is 59.9 Å². The Kier molecular flexibility index (Phi) is 30.0. The topological polar surface area (TPSA) is 571 Å². The SMILES string of the molecule is CO[C@@H](CNC(=O)[C@H](NC(=O)[C@H](O)[C@H](C)O)[C@H](O)c1cncn1C)[C@H](O)[C@H](O)C(=O)N(C)[C@@H](Cc1ccccc1)C(=O)NCC(=O)N[C@H](C(=O)N[C@@H](CO)C(=O)N[C@H](C(=O)N[C@H](C(=O)N[C@@H](CCC(=O)NCc1cc(=O)c(O)cn1O)C(=O)O)C(C)(C)C)C(C)(C)O)C(C)(C)O. The molecule has 0 unspecified atom stereocenters. The average Bonchev–Trinajstić information content (AvgIpc) is 1.54. The number of carbonyl (C=O) groups excluding carboxylic acids is 10. The van der Waals surface area contributed by atoms with Gasteiger partial charge in [-0.2, -0.15) is 4.73 Å². The minimum absolute atomic E-state index is 0.0199. The minimum Gasteiger partial charge on any atom is -0.503 e. The molecular weight excluding hydrogens is 1270 g/mol. The molecule has 2 heterocycles. The summed E-state index contributed by atoms with van der Waals surface area (Å²) in [6.45, 7) is 6.41. The van der Waals surface area contributed by atoms with Crippen LogP contribution < -0.4 is 53.3 Å². The number of aliphatic hydroxyl groups excluding tert-OH is 6. The van der Waals surface area contributed by atoms with E-state index in [4.69, 9.17) is 4.74 Å². The predicted molar refractivity (Wildman–Crippen MR) is 330 cm³/mol. The van der Waals surface area contributed by atoms with E-state index in [9.17, 15) is 114 Å². The number of likely N-dealkylation sites (N-methyl/N-ethyl adjacent to an activating group) is 1. The molecule has 0 bridgehead atoms. The molecule has 10 amide bonds. The van der Waals surface area contributed by atoms with E-state index in [1.165, 1.54) is 44.9 Å². The van der Waals surface area contributed by atoms with Crippen LogP contribution in [-0.2, 0) is 77.5 Å². The zero-order valence-corrected chi connectivity index (χ0v) is 54.7. The molecular formula is C59H89N13O24. The molecule has 0 aliphatic carbocycles. The summed E-state index contributed by atoms with van der Waals surface area (Å²) in [4.78, 5) is 165. The van der Waals surface area contributed by atoms with E-state index >= 15 is 0 Å². The van der Waals surface area contributed by atoms with Gasteiger partial charge in [-0.15, -0.1) is 0 Å². The Balaban J connectivity index is 1.75. The lowest BCUT2D eigenvalue weighted by Crippen LogP contribution is -2.66. The summed E-state index contributed by atoms with van der Waals surface area (Å²) in [5.41, 5.74) is -6.18. The van der Waals surface area contributed by atoms with Gasteiger partial charge in [0.05, 0.1) is 67.1 Å². The Hall–Kier alpha value is -9.21. The van der Waals surface area contributed by atoms with Gasteiger partial charge < -0.3 is 118 Å². The number of aliphatic carboxylic acids is 1. The molecule has 37 heteroatoms. The molecule has 0 saturated carbocycles. The number of hydrogen-bond donors (Lipinski definition) is 20. The molecule has 96 heavy (non-hydrogen) atoms. The van der Waals surface area contributed by atoms with Gasteiger partial charge in [-0.05, 0) is 52.0 Å². The lowest BCUT2D eigenvalue weighted by atomic mass is 9.85. The Bertz CT molecular complexity index is 3270. The number of carbonyl (C=O) groups is 11. The van der Waals surface area contributed by atoms with Crippen molar-refractivity contribution >= 4 is 65.0 Å². The van der Waals surface area contributed by atoms with Crippen LogP contribution in [0, 0.1) is 5.41 Å². The molecule has 0 spiro atoms. The molecule has 0 aliphatic heterocycles. The van der Waals surface area contributed by atoms with Crippen molar-refractivity contribution in [2.24, 2.45) is 12.5 Å². The first-order chi connectivity index (χ1) is 44.5. The lowest BCUT2D eigenvalue weighted by Gasteiger charge is -2.36. The first-order valence-corrected chi connectivity index (χ1v) is 29.7. The molecule has 20 N–H and O–H groups in total. The molecule has 0 saturated heterocycles. The monoisotopic (exact) mass is 1360 g/mol. The van der Waals surface area contributed by atoms with Gasteiger partial charge in [0.2, 0.25) is 52.7 Å². The van der Waals surface area contributed by atoms with Gasteiger partial charge >= 0.3 is 5.97 Å². The summed E-state index contributed by atoms with van der Waals surface area (Å²) in [6.07, 6.45) is -9.82. The summed E-state index contributed by atoms with van der Waals surface area (Å²) in [5, 5.41) is 136. The summed E-state index contributed by atoms with van der Waals surface area (Å²) in [5.74, 6) is -14.1. The second-order valence-corrected chi connectivity index (χ2v) is 24.7. The number of nitrogens with zero attached hydrogens (tertiary/aromatic N) is 4. The van der Waals surface area contributed by atoms with Gasteiger partial charge in [0, 0.05) is 46.7 Å². The number of carboxylic acid groups (broad SMARTS) is 1. The maximum absolute atomic E-state index is 14.0. The number of ether oxygens (including phenoxy) is 1. The number of benzene rings is 1. The zero-order valence-electron chi connectivity index (χ0n) is 54.7. The third-order valence-electron chi connectivity index (χ3n) is 14.9. The Morgan fingerprint density at radius 1 is 0.698 bits per heavy atom. The summed E-state index contributed by atoms with van der Waals surface area (Å²) >= 11 is 0. The number of aromatic nitrogens is 3. The highest BCUT2D eigenvalue weighted by atomic mass is 16.5. The van der Waals surface area contributed by atoms with Crippen LogP contribution in [0.2, 0.25) is 0 Å². The van der Waals surface area contributed by atoms with Crippen LogP contribution in [0.5, 0.6) is 5.75 Å². The third-order valence-corrected chi connectivity index (χ3v) is 14.9. The number of rotatable bonds is 36. The minimum atomic E-state index is -2.40. The molecule has 0 radical (unpaired) electrons. The smallest absolute Gasteiger partial charge is 0.326 e. The van der Waals surface area contributed by atoms with Crippen molar-refractivity contribution in [2.45, 2.75) is 171 Å². The first-order valence-electron chi connectivity index (χ1n) is 29.7. The quantitative estimate of drug-likeness (QED) is 0.0240. The molecule has 0 aliphatic rings. The molecule has 0 fully saturated rings. The van der Waals surface area contributed by atoms with Gasteiger partial charge in [0.25, 0.3) is 11.8 Å². The van der Waals surface area contributed by atoms with Crippen LogP contribution in [0.4, 0.5) is 0 Å². The summed E-state index contributed by atoms with van der Waals surface area (Å²) < 4.78 is 6.98. The zero-order chi connectivity index (χ0) is 73.1. The van der Waals surface area contributed by atoms with Gasteiger partial charge in [-0.3, -0.25) is 52.7 Å². The van der Waals surface area contributed by atoms with Crippen molar-refractivity contribution in [3.63, 3.8) is 0 Å². The molecule has 2 aromatic heterocycles. The van der Waals surface area contributed by atoms with Crippen LogP contribution in [0.1, 0.15) is 91.3 Å². The van der Waals surface area contributed by atoms with Gasteiger partial charge in [-0.25, -0.2) is 9.78 Å². The van der Waals surface area contributed by atoms with E-state index in [1.807, 2.05) is 0 Å². The van der Waals surface area contributed by atoms with Crippen molar-refractivity contribution in [1.29, 1.82) is 0 Å². The van der Waals surface area contributed by atoms with Crippen LogP contribution in [0.3, 0.4) is 0 Å². The van der Waals surface area contributed by atoms with E-state index in [0.29, 0.717) is 16.5 Å². The van der Waals surface area contributed by atoms with E-state index in [-0.39, 0.29) is 17.8 Å². The Labute approximate surface area is 549 Å². The summed E-state index contributed by atoms with van der Waals surface area (Å²) in [7, 11) is 3.58. The number of methoxy groups -OCH3 is 1. The van der Waals surface area contributed by atoms with Gasteiger partial charge in [0.1, 0.15) is 60.6 Å². The number of carboxylic acids is 1. The second-order valence-electron chi connectivity index (χ2n) is 24.7. The molecule has 3 aromatic rings.